The Kier molecular flexibility index (Phi) is 5.25. The Balaban J connectivity index is 2.26. The van der Waals surface area contributed by atoms with E-state index in [1.165, 1.54) is 0 Å². The summed E-state index contributed by atoms with van der Waals surface area (Å²) in [6, 6.07) is 0. The van der Waals surface area contributed by atoms with Crippen molar-refractivity contribution < 1.29 is 9.59 Å². The molecule has 1 heterocycles. The van der Waals surface area contributed by atoms with Crippen LogP contribution >= 0.6 is 0 Å². The fourth-order valence-electron chi connectivity index (χ4n) is 1.84. The van der Waals surface area contributed by atoms with Crippen molar-refractivity contribution in [1.82, 2.24) is 15.1 Å². The molecular weight excluding hydrogens is 206 g/mol. The second-order valence-electron chi connectivity index (χ2n) is 3.96. The number of carbonyl (C=O) groups excluding carboxylic acids is 2. The standard InChI is InChI=1S/C11H21N3O2/c1-3-11(16)14-7-5-13(6-8-14)9-10(15)12-4-2/h3-9H2,1-2H3,(H,12,15). The minimum absolute atomic E-state index is 0.0674. The van der Waals surface area contributed by atoms with E-state index in [0.717, 1.165) is 26.2 Å². The summed E-state index contributed by atoms with van der Waals surface area (Å²) in [4.78, 5) is 26.7. The van der Waals surface area contributed by atoms with E-state index in [-0.39, 0.29) is 11.8 Å². The fourth-order valence-corrected chi connectivity index (χ4v) is 1.84. The van der Waals surface area contributed by atoms with E-state index in [4.69, 9.17) is 0 Å². The van der Waals surface area contributed by atoms with Gasteiger partial charge in [0.1, 0.15) is 0 Å². The Morgan fingerprint density at radius 1 is 1.12 bits per heavy atom. The van der Waals surface area contributed by atoms with Gasteiger partial charge in [0.05, 0.1) is 6.54 Å². The molecule has 1 fully saturated rings. The molecule has 0 saturated carbocycles. The molecule has 0 atom stereocenters. The molecule has 0 aromatic heterocycles. The van der Waals surface area contributed by atoms with Crippen molar-refractivity contribution in [3.05, 3.63) is 0 Å². The van der Waals surface area contributed by atoms with E-state index in [0.29, 0.717) is 19.5 Å². The highest BCUT2D eigenvalue weighted by atomic mass is 16.2. The molecule has 1 aliphatic rings. The van der Waals surface area contributed by atoms with Crippen molar-refractivity contribution in [1.29, 1.82) is 0 Å². The summed E-state index contributed by atoms with van der Waals surface area (Å²) in [5, 5.41) is 2.78. The molecule has 0 spiro atoms. The third kappa shape index (κ3) is 3.81. The first-order valence-electron chi connectivity index (χ1n) is 5.94. The smallest absolute Gasteiger partial charge is 0.234 e. The molecule has 0 aromatic rings. The van der Waals surface area contributed by atoms with E-state index < -0.39 is 0 Å². The second kappa shape index (κ2) is 6.48. The zero-order chi connectivity index (χ0) is 12.0. The van der Waals surface area contributed by atoms with Gasteiger partial charge in [0.25, 0.3) is 0 Å². The van der Waals surface area contributed by atoms with Gasteiger partial charge in [0.2, 0.25) is 11.8 Å². The summed E-state index contributed by atoms with van der Waals surface area (Å²) in [5.74, 6) is 0.274. The van der Waals surface area contributed by atoms with Gasteiger partial charge in [-0.15, -0.1) is 0 Å². The fraction of sp³-hybridized carbons (Fsp3) is 0.818. The van der Waals surface area contributed by atoms with Crippen molar-refractivity contribution >= 4 is 11.8 Å². The van der Waals surface area contributed by atoms with E-state index in [1.807, 2.05) is 18.7 Å². The van der Waals surface area contributed by atoms with Gasteiger partial charge in [0, 0.05) is 39.1 Å². The number of carbonyl (C=O) groups is 2. The Bertz CT molecular complexity index is 248. The predicted octanol–water partition coefficient (Wildman–Crippen LogP) is -0.323. The topological polar surface area (TPSA) is 52.7 Å². The quantitative estimate of drug-likeness (QED) is 0.716. The van der Waals surface area contributed by atoms with Gasteiger partial charge < -0.3 is 10.2 Å². The van der Waals surface area contributed by atoms with Gasteiger partial charge in [-0.1, -0.05) is 6.92 Å². The average Bonchev–Trinajstić information content (AvgIpc) is 2.29. The number of rotatable bonds is 4. The number of piperazine rings is 1. The maximum Gasteiger partial charge on any atom is 0.234 e. The molecule has 5 nitrogen and oxygen atoms in total. The van der Waals surface area contributed by atoms with Crippen LogP contribution in [0.3, 0.4) is 0 Å². The van der Waals surface area contributed by atoms with Crippen molar-refractivity contribution in [2.75, 3.05) is 39.3 Å². The van der Waals surface area contributed by atoms with E-state index >= 15 is 0 Å². The third-order valence-corrected chi connectivity index (χ3v) is 2.77. The monoisotopic (exact) mass is 227 g/mol. The van der Waals surface area contributed by atoms with Crippen LogP contribution in [0.1, 0.15) is 20.3 Å². The zero-order valence-corrected chi connectivity index (χ0v) is 10.2. The van der Waals surface area contributed by atoms with E-state index in [1.54, 1.807) is 0 Å². The molecule has 2 amide bonds. The Morgan fingerprint density at radius 2 is 1.75 bits per heavy atom. The minimum Gasteiger partial charge on any atom is -0.355 e. The molecule has 0 aliphatic carbocycles. The number of hydrogen-bond acceptors (Lipinski definition) is 3. The first-order chi connectivity index (χ1) is 7.67. The van der Waals surface area contributed by atoms with Gasteiger partial charge in [-0.3, -0.25) is 14.5 Å². The van der Waals surface area contributed by atoms with E-state index in [9.17, 15) is 9.59 Å². The Labute approximate surface area is 96.8 Å². The minimum atomic E-state index is 0.0674. The molecule has 1 saturated heterocycles. The highest BCUT2D eigenvalue weighted by Crippen LogP contribution is 2.03. The van der Waals surface area contributed by atoms with Gasteiger partial charge in [-0.05, 0) is 6.92 Å². The molecule has 0 bridgehead atoms. The Morgan fingerprint density at radius 3 is 2.25 bits per heavy atom. The highest BCUT2D eigenvalue weighted by Gasteiger charge is 2.20. The summed E-state index contributed by atoms with van der Waals surface area (Å²) in [6.45, 7) is 7.98. The first kappa shape index (κ1) is 13.0. The Hall–Kier alpha value is -1.10. The van der Waals surface area contributed by atoms with Crippen LogP contribution in [0.25, 0.3) is 0 Å². The lowest BCUT2D eigenvalue weighted by molar-refractivity contribution is -0.132. The normalized spacial score (nSPS) is 17.2. The van der Waals surface area contributed by atoms with Gasteiger partial charge in [0.15, 0.2) is 0 Å². The molecule has 1 aliphatic heterocycles. The molecule has 92 valence electrons. The molecule has 1 N–H and O–H groups in total. The van der Waals surface area contributed by atoms with Crippen LogP contribution in [0.2, 0.25) is 0 Å². The van der Waals surface area contributed by atoms with Crippen LogP contribution in [-0.4, -0.2) is 60.9 Å². The molecule has 0 radical (unpaired) electrons. The van der Waals surface area contributed by atoms with Crippen molar-refractivity contribution in [2.45, 2.75) is 20.3 Å². The second-order valence-corrected chi connectivity index (χ2v) is 3.96. The zero-order valence-electron chi connectivity index (χ0n) is 10.2. The summed E-state index contributed by atoms with van der Waals surface area (Å²) >= 11 is 0. The lowest BCUT2D eigenvalue weighted by atomic mass is 10.3. The number of amides is 2. The van der Waals surface area contributed by atoms with E-state index in [2.05, 4.69) is 10.2 Å². The molecule has 5 heteroatoms. The van der Waals surface area contributed by atoms with Crippen LogP contribution in [-0.2, 0) is 9.59 Å². The van der Waals surface area contributed by atoms with Gasteiger partial charge in [-0.25, -0.2) is 0 Å². The lowest BCUT2D eigenvalue weighted by Gasteiger charge is -2.34. The number of hydrogen-bond donors (Lipinski definition) is 1. The van der Waals surface area contributed by atoms with Crippen molar-refractivity contribution in [3.63, 3.8) is 0 Å². The summed E-state index contributed by atoms with van der Waals surface area (Å²) in [7, 11) is 0. The molecule has 0 aromatic carbocycles. The largest absolute Gasteiger partial charge is 0.355 e. The van der Waals surface area contributed by atoms with Crippen LogP contribution in [0, 0.1) is 0 Å². The average molecular weight is 227 g/mol. The molecular formula is C11H21N3O2. The van der Waals surface area contributed by atoms with Gasteiger partial charge >= 0.3 is 0 Å². The number of likely N-dealkylation sites (N-methyl/N-ethyl adjacent to an activating group) is 1. The van der Waals surface area contributed by atoms with Crippen LogP contribution in [0.5, 0.6) is 0 Å². The molecule has 0 unspecified atom stereocenters. The maximum absolute atomic E-state index is 11.4. The third-order valence-electron chi connectivity index (χ3n) is 2.77. The summed E-state index contributed by atoms with van der Waals surface area (Å²) in [5.41, 5.74) is 0. The molecule has 1 rings (SSSR count). The predicted molar refractivity (Wildman–Crippen MR) is 62.0 cm³/mol. The lowest BCUT2D eigenvalue weighted by Crippen LogP contribution is -2.51. The van der Waals surface area contributed by atoms with Crippen molar-refractivity contribution in [3.8, 4) is 0 Å². The van der Waals surface area contributed by atoms with Crippen LogP contribution < -0.4 is 5.32 Å². The SMILES string of the molecule is CCNC(=O)CN1CCN(C(=O)CC)CC1. The van der Waals surface area contributed by atoms with Crippen molar-refractivity contribution in [2.24, 2.45) is 0 Å². The van der Waals surface area contributed by atoms with Crippen LogP contribution in [0.4, 0.5) is 0 Å². The maximum atomic E-state index is 11.4. The van der Waals surface area contributed by atoms with Crippen LogP contribution in [0.15, 0.2) is 0 Å². The first-order valence-corrected chi connectivity index (χ1v) is 5.94. The number of nitrogens with zero attached hydrogens (tertiary/aromatic N) is 2. The highest BCUT2D eigenvalue weighted by molar-refractivity contribution is 5.78. The van der Waals surface area contributed by atoms with Gasteiger partial charge in [-0.2, -0.15) is 0 Å². The summed E-state index contributed by atoms with van der Waals surface area (Å²) < 4.78 is 0. The molecule has 16 heavy (non-hydrogen) atoms. The summed E-state index contributed by atoms with van der Waals surface area (Å²) in [6.07, 6.45) is 0.566. The number of nitrogens with one attached hydrogen (secondary N) is 1.